The molecule has 2 aromatic rings. The third-order valence-electron chi connectivity index (χ3n) is 4.06. The largest absolute Gasteiger partial charge is 0.397 e. The summed E-state index contributed by atoms with van der Waals surface area (Å²) < 4.78 is 0. The minimum Gasteiger partial charge on any atom is -0.397 e. The summed E-state index contributed by atoms with van der Waals surface area (Å²) in [6, 6.07) is 8.33. The Labute approximate surface area is 165 Å². The van der Waals surface area contributed by atoms with Crippen molar-refractivity contribution in [1.29, 1.82) is 0 Å². The van der Waals surface area contributed by atoms with Gasteiger partial charge in [-0.05, 0) is 54.5 Å². The fraction of sp³-hybridized carbons (Fsp3) is 0.130. The first-order valence-corrected chi connectivity index (χ1v) is 10.0. The monoisotopic (exact) mass is 379 g/mol. The quantitative estimate of drug-likeness (QED) is 0.509. The van der Waals surface area contributed by atoms with Crippen LogP contribution in [0.5, 0.6) is 0 Å². The average Bonchev–Trinajstić information content (AvgIpc) is 2.89. The second-order valence-corrected chi connectivity index (χ2v) is 8.35. The molecule has 0 unspecified atom stereocenters. The Balaban J connectivity index is 2.57. The van der Waals surface area contributed by atoms with Crippen LogP contribution >= 0.6 is 23.1 Å². The molecular weight excluding hydrogens is 354 g/mol. The molecule has 0 atom stereocenters. The van der Waals surface area contributed by atoms with Gasteiger partial charge < -0.3 is 5.73 Å². The number of nitrogen functional groups attached to an aromatic ring is 1. The van der Waals surface area contributed by atoms with Crippen LogP contribution in [0.25, 0.3) is 11.6 Å². The zero-order valence-corrected chi connectivity index (χ0v) is 17.3. The van der Waals surface area contributed by atoms with Crippen molar-refractivity contribution >= 4 is 40.4 Å². The van der Waals surface area contributed by atoms with E-state index in [9.17, 15) is 0 Å². The molecule has 0 radical (unpaired) electrons. The molecule has 0 saturated heterocycles. The maximum absolute atomic E-state index is 6.41. The lowest BCUT2D eigenvalue weighted by molar-refractivity contribution is 1.49. The van der Waals surface area contributed by atoms with Gasteiger partial charge in [-0.25, -0.2) is 0 Å². The lowest BCUT2D eigenvalue weighted by Crippen LogP contribution is -1.96. The van der Waals surface area contributed by atoms with Gasteiger partial charge in [0, 0.05) is 20.2 Å². The first kappa shape index (κ1) is 20.1. The van der Waals surface area contributed by atoms with Crippen LogP contribution < -0.4 is 5.73 Å². The lowest BCUT2D eigenvalue weighted by atomic mass is 9.94. The van der Waals surface area contributed by atoms with Gasteiger partial charge in [-0.15, -0.1) is 11.3 Å². The van der Waals surface area contributed by atoms with E-state index in [1.807, 2.05) is 24.5 Å². The Morgan fingerprint density at radius 2 is 1.77 bits per heavy atom. The van der Waals surface area contributed by atoms with E-state index in [4.69, 9.17) is 5.73 Å². The first-order valence-electron chi connectivity index (χ1n) is 8.35. The number of allylic oxidation sites excluding steroid dienone is 3. The molecule has 1 heterocycles. The molecule has 1 aromatic heterocycles. The fourth-order valence-electron chi connectivity index (χ4n) is 2.62. The number of aryl methyl sites for hydroxylation is 2. The molecule has 1 nitrogen and oxygen atoms in total. The van der Waals surface area contributed by atoms with Gasteiger partial charge in [0.05, 0.1) is 5.69 Å². The Morgan fingerprint density at radius 1 is 1.12 bits per heavy atom. The second kappa shape index (κ2) is 8.93. The van der Waals surface area contributed by atoms with E-state index in [1.165, 1.54) is 4.88 Å². The highest BCUT2D eigenvalue weighted by molar-refractivity contribution is 8.06. The number of thioether (sulfide) groups is 1. The lowest BCUT2D eigenvalue weighted by Gasteiger charge is -2.12. The van der Waals surface area contributed by atoms with E-state index >= 15 is 0 Å². The van der Waals surface area contributed by atoms with Gasteiger partial charge in [0.2, 0.25) is 0 Å². The molecule has 2 rings (SSSR count). The van der Waals surface area contributed by atoms with Crippen molar-refractivity contribution in [3.8, 4) is 0 Å². The van der Waals surface area contributed by atoms with Crippen molar-refractivity contribution in [3.05, 3.63) is 98.5 Å². The predicted molar refractivity (Wildman–Crippen MR) is 123 cm³/mol. The standard InChI is InChI=1S/C23H25NS2/c1-7-13-25-16(4)15(3)14-21(20-11-9-19(8-2)10-12-20)22-17(5)26-18(6)23(22)24/h7-14H,2-4,24H2,1,5-6H3/b13-7-,21-14-. The smallest absolute Gasteiger partial charge is 0.0535 e. The molecule has 0 amide bonds. The summed E-state index contributed by atoms with van der Waals surface area (Å²) in [5.41, 5.74) is 12.5. The molecule has 0 aliphatic rings. The normalized spacial score (nSPS) is 11.7. The Morgan fingerprint density at radius 3 is 2.27 bits per heavy atom. The van der Waals surface area contributed by atoms with Gasteiger partial charge in [-0.3, -0.25) is 0 Å². The first-order chi connectivity index (χ1) is 12.4. The van der Waals surface area contributed by atoms with Crippen LogP contribution in [0.2, 0.25) is 0 Å². The summed E-state index contributed by atoms with van der Waals surface area (Å²) in [5, 5.41) is 2.01. The molecule has 1 aromatic carbocycles. The van der Waals surface area contributed by atoms with Crippen LogP contribution in [0.4, 0.5) is 5.69 Å². The van der Waals surface area contributed by atoms with E-state index in [1.54, 1.807) is 23.1 Å². The number of nitrogens with two attached hydrogens (primary N) is 1. The molecule has 0 fully saturated rings. The molecule has 134 valence electrons. The summed E-state index contributed by atoms with van der Waals surface area (Å²) in [6.45, 7) is 18.3. The Hall–Kier alpha value is -2.23. The predicted octanol–water partition coefficient (Wildman–Crippen LogP) is 7.36. The van der Waals surface area contributed by atoms with Gasteiger partial charge in [-0.1, -0.05) is 67.9 Å². The van der Waals surface area contributed by atoms with Crippen molar-refractivity contribution in [2.24, 2.45) is 0 Å². The van der Waals surface area contributed by atoms with Crippen molar-refractivity contribution < 1.29 is 0 Å². The topological polar surface area (TPSA) is 26.0 Å². The van der Waals surface area contributed by atoms with Crippen LogP contribution in [0.1, 0.15) is 33.4 Å². The number of thiophene rings is 1. The second-order valence-electron chi connectivity index (χ2n) is 5.92. The summed E-state index contributed by atoms with van der Waals surface area (Å²) in [7, 11) is 0. The molecule has 3 heteroatoms. The summed E-state index contributed by atoms with van der Waals surface area (Å²) in [4.78, 5) is 3.27. The maximum Gasteiger partial charge on any atom is 0.0535 e. The van der Waals surface area contributed by atoms with Gasteiger partial charge in [-0.2, -0.15) is 0 Å². The minimum absolute atomic E-state index is 0.839. The molecule has 0 spiro atoms. The third kappa shape index (κ3) is 4.48. The third-order valence-corrected chi connectivity index (χ3v) is 6.05. The van der Waals surface area contributed by atoms with Gasteiger partial charge in [0.25, 0.3) is 0 Å². The van der Waals surface area contributed by atoms with E-state index < -0.39 is 0 Å². The molecule has 0 aliphatic heterocycles. The SMILES string of the molecule is C=Cc1ccc(/C(=C/C(=C)C(=C)S/C=C\C)c2c(C)sc(C)c2N)cc1. The van der Waals surface area contributed by atoms with Crippen LogP contribution in [-0.2, 0) is 0 Å². The van der Waals surface area contributed by atoms with Gasteiger partial charge in [0.1, 0.15) is 0 Å². The van der Waals surface area contributed by atoms with Gasteiger partial charge in [0.15, 0.2) is 0 Å². The van der Waals surface area contributed by atoms with Crippen molar-refractivity contribution in [3.63, 3.8) is 0 Å². The maximum atomic E-state index is 6.41. The molecule has 26 heavy (non-hydrogen) atoms. The minimum atomic E-state index is 0.839. The van der Waals surface area contributed by atoms with E-state index in [-0.39, 0.29) is 0 Å². The van der Waals surface area contributed by atoms with Crippen LogP contribution in [0, 0.1) is 13.8 Å². The van der Waals surface area contributed by atoms with E-state index in [0.29, 0.717) is 0 Å². The van der Waals surface area contributed by atoms with Crippen LogP contribution in [0.3, 0.4) is 0 Å². The summed E-state index contributed by atoms with van der Waals surface area (Å²) in [5.74, 6) is 0. The van der Waals surface area contributed by atoms with Crippen molar-refractivity contribution in [2.45, 2.75) is 20.8 Å². The summed E-state index contributed by atoms with van der Waals surface area (Å²) >= 11 is 3.30. The molecule has 0 bridgehead atoms. The molecule has 0 saturated carbocycles. The number of benzene rings is 1. The summed E-state index contributed by atoms with van der Waals surface area (Å²) in [6.07, 6.45) is 5.93. The number of hydrogen-bond acceptors (Lipinski definition) is 3. The molecule has 2 N–H and O–H groups in total. The zero-order valence-electron chi connectivity index (χ0n) is 15.6. The Kier molecular flexibility index (Phi) is 6.90. The molecule has 0 aliphatic carbocycles. The highest BCUT2D eigenvalue weighted by atomic mass is 32.2. The van der Waals surface area contributed by atoms with Crippen LogP contribution in [-0.4, -0.2) is 0 Å². The fourth-order valence-corrected chi connectivity index (χ4v) is 4.12. The van der Waals surface area contributed by atoms with Crippen LogP contribution in [0.15, 0.2) is 72.0 Å². The number of rotatable bonds is 7. The number of anilines is 1. The van der Waals surface area contributed by atoms with Crippen molar-refractivity contribution in [2.75, 3.05) is 5.73 Å². The highest BCUT2D eigenvalue weighted by Gasteiger charge is 2.17. The zero-order chi connectivity index (χ0) is 19.3. The van der Waals surface area contributed by atoms with E-state index in [0.717, 1.165) is 43.3 Å². The average molecular weight is 380 g/mol. The van der Waals surface area contributed by atoms with E-state index in [2.05, 4.69) is 63.9 Å². The highest BCUT2D eigenvalue weighted by Crippen LogP contribution is 2.39. The molecular formula is C23H25NS2. The van der Waals surface area contributed by atoms with Gasteiger partial charge >= 0.3 is 0 Å². The van der Waals surface area contributed by atoms with Crippen molar-refractivity contribution in [1.82, 2.24) is 0 Å². The Bertz CT molecular complexity index is 893. The number of hydrogen-bond donors (Lipinski definition) is 1.